The van der Waals surface area contributed by atoms with Crippen molar-refractivity contribution in [1.29, 1.82) is 0 Å². The predicted molar refractivity (Wildman–Crippen MR) is 45.7 cm³/mol. The number of ether oxygens (including phenoxy) is 1. The molecule has 0 aliphatic carbocycles. The highest BCUT2D eigenvalue weighted by Gasteiger charge is 2.17. The molecule has 0 aromatic carbocycles. The highest BCUT2D eigenvalue weighted by Crippen LogP contribution is 2.07. The van der Waals surface area contributed by atoms with Crippen LogP contribution in [0.2, 0.25) is 0 Å². The number of carbonyl (C=O) groups excluding carboxylic acids is 2. The van der Waals surface area contributed by atoms with Gasteiger partial charge in [-0.15, -0.1) is 0 Å². The van der Waals surface area contributed by atoms with Gasteiger partial charge in [0, 0.05) is 0 Å². The number of hydrogen-bond acceptors (Lipinski definition) is 3. The third-order valence-corrected chi connectivity index (χ3v) is 1.62. The van der Waals surface area contributed by atoms with E-state index in [1.54, 1.807) is 6.92 Å². The molecule has 0 aromatic rings. The molecule has 0 N–H and O–H groups in total. The lowest BCUT2D eigenvalue weighted by molar-refractivity contribution is -0.149. The van der Waals surface area contributed by atoms with Gasteiger partial charge in [-0.3, -0.25) is 4.79 Å². The Morgan fingerprint density at radius 2 is 2.17 bits per heavy atom. The number of esters is 1. The Bertz CT molecular complexity index is 143. The van der Waals surface area contributed by atoms with Crippen molar-refractivity contribution in [3.05, 3.63) is 0 Å². The second kappa shape index (κ2) is 6.83. The Morgan fingerprint density at radius 3 is 2.58 bits per heavy atom. The highest BCUT2D eigenvalue weighted by atomic mass is 16.5. The van der Waals surface area contributed by atoms with Gasteiger partial charge in [-0.2, -0.15) is 0 Å². The molecule has 0 fully saturated rings. The van der Waals surface area contributed by atoms with E-state index in [1.807, 2.05) is 6.92 Å². The summed E-state index contributed by atoms with van der Waals surface area (Å²) in [4.78, 5) is 21.5. The number of carbonyl (C=O) groups is 2. The lowest BCUT2D eigenvalue weighted by Crippen LogP contribution is -2.18. The maximum absolute atomic E-state index is 11.0. The fourth-order valence-electron chi connectivity index (χ4n) is 0.915. The largest absolute Gasteiger partial charge is 0.465 e. The van der Waals surface area contributed by atoms with Crippen LogP contribution in [0.15, 0.2) is 0 Å². The summed E-state index contributed by atoms with van der Waals surface area (Å²) in [6, 6.07) is 0. The lowest BCUT2D eigenvalue weighted by atomic mass is 10.0. The molecule has 70 valence electrons. The maximum atomic E-state index is 11.0. The number of unbranched alkanes of at least 4 members (excludes halogenated alkanes) is 1. The molecule has 0 heterocycles. The smallest absolute Gasteiger partial charge is 0.316 e. The fraction of sp³-hybridized carbons (Fsp3) is 0.778. The Hall–Kier alpha value is -0.860. The van der Waals surface area contributed by atoms with Crippen LogP contribution in [0.3, 0.4) is 0 Å². The average molecular weight is 172 g/mol. The van der Waals surface area contributed by atoms with Crippen molar-refractivity contribution in [2.45, 2.75) is 33.1 Å². The molecule has 0 spiro atoms. The molecule has 0 aliphatic heterocycles. The standard InChI is InChI=1S/C9H16O3/c1-3-5-6-8(7-10)9(11)12-4-2/h7-8H,3-6H2,1-2H3. The van der Waals surface area contributed by atoms with Gasteiger partial charge in [0.1, 0.15) is 12.2 Å². The maximum Gasteiger partial charge on any atom is 0.316 e. The summed E-state index contributed by atoms with van der Waals surface area (Å²) in [6.07, 6.45) is 3.17. The van der Waals surface area contributed by atoms with Crippen molar-refractivity contribution < 1.29 is 14.3 Å². The van der Waals surface area contributed by atoms with Crippen LogP contribution in [0.1, 0.15) is 33.1 Å². The van der Waals surface area contributed by atoms with E-state index in [0.29, 0.717) is 19.3 Å². The van der Waals surface area contributed by atoms with E-state index in [-0.39, 0.29) is 5.97 Å². The highest BCUT2D eigenvalue weighted by molar-refractivity contribution is 5.87. The van der Waals surface area contributed by atoms with Gasteiger partial charge in [0.05, 0.1) is 6.61 Å². The first-order valence-corrected chi connectivity index (χ1v) is 4.38. The molecule has 0 rings (SSSR count). The first kappa shape index (κ1) is 11.1. The summed E-state index contributed by atoms with van der Waals surface area (Å²) >= 11 is 0. The molecule has 12 heavy (non-hydrogen) atoms. The van der Waals surface area contributed by atoms with Crippen LogP contribution < -0.4 is 0 Å². The van der Waals surface area contributed by atoms with E-state index in [9.17, 15) is 9.59 Å². The zero-order chi connectivity index (χ0) is 9.40. The minimum absolute atomic E-state index is 0.343. The molecule has 0 aromatic heterocycles. The number of hydrogen-bond donors (Lipinski definition) is 0. The summed E-state index contributed by atoms with van der Waals surface area (Å²) in [5.74, 6) is -0.939. The molecule has 0 aliphatic rings. The van der Waals surface area contributed by atoms with E-state index >= 15 is 0 Å². The Labute approximate surface area is 73.1 Å². The zero-order valence-corrected chi connectivity index (χ0v) is 7.71. The normalized spacial score (nSPS) is 12.2. The van der Waals surface area contributed by atoms with Crippen molar-refractivity contribution in [1.82, 2.24) is 0 Å². The monoisotopic (exact) mass is 172 g/mol. The summed E-state index contributed by atoms with van der Waals surface area (Å²) in [5, 5.41) is 0. The Kier molecular flexibility index (Phi) is 6.34. The molecule has 3 heteroatoms. The minimum Gasteiger partial charge on any atom is -0.465 e. The topological polar surface area (TPSA) is 43.4 Å². The van der Waals surface area contributed by atoms with Crippen LogP contribution in [0, 0.1) is 5.92 Å². The fourth-order valence-corrected chi connectivity index (χ4v) is 0.915. The van der Waals surface area contributed by atoms with Crippen LogP contribution in [0.4, 0.5) is 0 Å². The van der Waals surface area contributed by atoms with Gasteiger partial charge < -0.3 is 9.53 Å². The molecule has 1 atom stereocenters. The average Bonchev–Trinajstić information content (AvgIpc) is 2.06. The molecule has 0 bridgehead atoms. The van der Waals surface area contributed by atoms with E-state index in [1.165, 1.54) is 0 Å². The first-order chi connectivity index (χ1) is 5.76. The third-order valence-electron chi connectivity index (χ3n) is 1.62. The molecule has 0 saturated carbocycles. The van der Waals surface area contributed by atoms with Crippen LogP contribution in [-0.2, 0) is 14.3 Å². The van der Waals surface area contributed by atoms with Gasteiger partial charge in [-0.25, -0.2) is 0 Å². The van der Waals surface area contributed by atoms with Gasteiger partial charge in [-0.05, 0) is 13.3 Å². The Balaban J connectivity index is 3.79. The van der Waals surface area contributed by atoms with E-state index < -0.39 is 5.92 Å². The lowest BCUT2D eigenvalue weighted by Gasteiger charge is -2.07. The first-order valence-electron chi connectivity index (χ1n) is 4.38. The summed E-state index contributed by atoms with van der Waals surface area (Å²) < 4.78 is 4.72. The summed E-state index contributed by atoms with van der Waals surface area (Å²) in [6.45, 7) is 4.10. The molecule has 3 nitrogen and oxygen atoms in total. The van der Waals surface area contributed by atoms with Crippen LogP contribution in [-0.4, -0.2) is 18.9 Å². The number of aldehydes is 1. The van der Waals surface area contributed by atoms with Crippen LogP contribution in [0.25, 0.3) is 0 Å². The van der Waals surface area contributed by atoms with Crippen LogP contribution >= 0.6 is 0 Å². The van der Waals surface area contributed by atoms with E-state index in [4.69, 9.17) is 4.74 Å². The Morgan fingerprint density at radius 1 is 1.50 bits per heavy atom. The van der Waals surface area contributed by atoms with E-state index in [2.05, 4.69) is 0 Å². The van der Waals surface area contributed by atoms with Gasteiger partial charge in [-0.1, -0.05) is 19.8 Å². The zero-order valence-electron chi connectivity index (χ0n) is 7.71. The molecule has 1 unspecified atom stereocenters. The third kappa shape index (κ3) is 4.11. The van der Waals surface area contributed by atoms with E-state index in [0.717, 1.165) is 12.8 Å². The van der Waals surface area contributed by atoms with Gasteiger partial charge in [0.15, 0.2) is 0 Å². The minimum atomic E-state index is -0.551. The molecule has 0 saturated heterocycles. The molecule has 0 radical (unpaired) electrons. The second-order valence-corrected chi connectivity index (χ2v) is 2.64. The van der Waals surface area contributed by atoms with Crippen LogP contribution in [0.5, 0.6) is 0 Å². The van der Waals surface area contributed by atoms with Crippen molar-refractivity contribution in [3.63, 3.8) is 0 Å². The van der Waals surface area contributed by atoms with Gasteiger partial charge in [0.2, 0.25) is 0 Å². The van der Waals surface area contributed by atoms with Crippen molar-refractivity contribution in [2.75, 3.05) is 6.61 Å². The second-order valence-electron chi connectivity index (χ2n) is 2.64. The van der Waals surface area contributed by atoms with Crippen molar-refractivity contribution in [3.8, 4) is 0 Å². The predicted octanol–water partition coefficient (Wildman–Crippen LogP) is 1.55. The van der Waals surface area contributed by atoms with Gasteiger partial charge in [0.25, 0.3) is 0 Å². The SMILES string of the molecule is CCCCC(C=O)C(=O)OCC. The quantitative estimate of drug-likeness (QED) is 0.347. The number of rotatable bonds is 6. The molecular weight excluding hydrogens is 156 g/mol. The van der Waals surface area contributed by atoms with Gasteiger partial charge >= 0.3 is 5.97 Å². The van der Waals surface area contributed by atoms with Crippen molar-refractivity contribution in [2.24, 2.45) is 5.92 Å². The molecule has 0 amide bonds. The molecular formula is C9H16O3. The van der Waals surface area contributed by atoms with Crippen molar-refractivity contribution >= 4 is 12.3 Å². The summed E-state index contributed by atoms with van der Waals surface area (Å²) in [5.41, 5.74) is 0. The summed E-state index contributed by atoms with van der Waals surface area (Å²) in [7, 11) is 0.